The normalized spacial score (nSPS) is 39.7. The summed E-state index contributed by atoms with van der Waals surface area (Å²) in [6.07, 6.45) is -0.648. The van der Waals surface area contributed by atoms with Crippen molar-refractivity contribution >= 4 is 5.78 Å². The Hall–Kier alpha value is -0.920. The standard InChI is InChI=1S/C6H7NO3/c1-4-5(8)6(9,2-7)3-10-4/h4,9H,3H2,1H3. The SMILES string of the molecule is CC1OCC(O)(C#N)C1=O. The number of nitriles is 1. The Morgan fingerprint density at radius 2 is 2.60 bits per heavy atom. The highest BCUT2D eigenvalue weighted by atomic mass is 16.5. The molecule has 0 aliphatic carbocycles. The first-order valence-electron chi connectivity index (χ1n) is 2.90. The van der Waals surface area contributed by atoms with Crippen molar-refractivity contribution in [3.63, 3.8) is 0 Å². The fraction of sp³-hybridized carbons (Fsp3) is 0.667. The van der Waals surface area contributed by atoms with Gasteiger partial charge in [-0.1, -0.05) is 0 Å². The number of carbonyl (C=O) groups excluding carboxylic acids is 1. The van der Waals surface area contributed by atoms with Gasteiger partial charge in [-0.3, -0.25) is 4.79 Å². The Morgan fingerprint density at radius 1 is 2.00 bits per heavy atom. The van der Waals surface area contributed by atoms with Crippen molar-refractivity contribution in [2.24, 2.45) is 0 Å². The highest BCUT2D eigenvalue weighted by Crippen LogP contribution is 2.18. The molecule has 2 atom stereocenters. The minimum atomic E-state index is -1.89. The van der Waals surface area contributed by atoms with E-state index in [4.69, 9.17) is 15.1 Å². The second kappa shape index (κ2) is 2.04. The molecule has 0 radical (unpaired) electrons. The van der Waals surface area contributed by atoms with Crippen molar-refractivity contribution in [2.75, 3.05) is 6.61 Å². The van der Waals surface area contributed by atoms with Crippen LogP contribution in [0.2, 0.25) is 0 Å². The van der Waals surface area contributed by atoms with Gasteiger partial charge in [0.25, 0.3) is 0 Å². The molecule has 0 aromatic heterocycles. The van der Waals surface area contributed by atoms with E-state index < -0.39 is 17.5 Å². The van der Waals surface area contributed by atoms with Crippen molar-refractivity contribution in [1.29, 1.82) is 5.26 Å². The molecule has 2 unspecified atom stereocenters. The fourth-order valence-electron chi connectivity index (χ4n) is 0.816. The molecule has 0 saturated carbocycles. The maximum atomic E-state index is 10.9. The van der Waals surface area contributed by atoms with Gasteiger partial charge >= 0.3 is 0 Å². The molecule has 4 heteroatoms. The Morgan fingerprint density at radius 3 is 2.80 bits per heavy atom. The molecule has 1 fully saturated rings. The van der Waals surface area contributed by atoms with Gasteiger partial charge in [-0.2, -0.15) is 5.26 Å². The molecule has 0 aromatic carbocycles. The maximum absolute atomic E-state index is 10.9. The first-order valence-corrected chi connectivity index (χ1v) is 2.90. The van der Waals surface area contributed by atoms with Gasteiger partial charge in [0.2, 0.25) is 11.4 Å². The number of Topliss-reactive ketones (excluding diaryl/α,β-unsaturated/α-hetero) is 1. The summed E-state index contributed by atoms with van der Waals surface area (Å²) in [4.78, 5) is 10.9. The van der Waals surface area contributed by atoms with Crippen LogP contribution in [-0.4, -0.2) is 29.2 Å². The number of rotatable bonds is 0. The number of carbonyl (C=O) groups is 1. The Balaban J connectivity index is 2.86. The number of hydrogen-bond acceptors (Lipinski definition) is 4. The van der Waals surface area contributed by atoms with Crippen molar-refractivity contribution in [3.05, 3.63) is 0 Å². The van der Waals surface area contributed by atoms with Crippen LogP contribution in [-0.2, 0) is 9.53 Å². The number of nitrogens with zero attached hydrogens (tertiary/aromatic N) is 1. The third kappa shape index (κ3) is 0.801. The molecular weight excluding hydrogens is 134 g/mol. The van der Waals surface area contributed by atoms with Crippen molar-refractivity contribution in [2.45, 2.75) is 18.6 Å². The molecule has 1 aliphatic heterocycles. The van der Waals surface area contributed by atoms with E-state index in [-0.39, 0.29) is 6.61 Å². The van der Waals surface area contributed by atoms with Gasteiger partial charge in [0.15, 0.2) is 0 Å². The molecule has 0 bridgehead atoms. The molecule has 0 spiro atoms. The van der Waals surface area contributed by atoms with Crippen LogP contribution in [0.25, 0.3) is 0 Å². The third-order valence-corrected chi connectivity index (χ3v) is 1.50. The minimum Gasteiger partial charge on any atom is -0.367 e. The summed E-state index contributed by atoms with van der Waals surface area (Å²) in [7, 11) is 0. The van der Waals surface area contributed by atoms with Crippen LogP contribution in [0.1, 0.15) is 6.92 Å². The zero-order valence-corrected chi connectivity index (χ0v) is 5.50. The van der Waals surface area contributed by atoms with E-state index in [9.17, 15) is 4.79 Å². The lowest BCUT2D eigenvalue weighted by Crippen LogP contribution is -2.37. The molecular formula is C6H7NO3. The number of ether oxygens (including phenoxy) is 1. The quantitative estimate of drug-likeness (QED) is 0.449. The van der Waals surface area contributed by atoms with Crippen LogP contribution in [0.5, 0.6) is 0 Å². The molecule has 10 heavy (non-hydrogen) atoms. The summed E-state index contributed by atoms with van der Waals surface area (Å²) < 4.78 is 4.75. The first kappa shape index (κ1) is 7.19. The lowest BCUT2D eigenvalue weighted by Gasteiger charge is -2.05. The van der Waals surface area contributed by atoms with Gasteiger partial charge in [0, 0.05) is 0 Å². The molecule has 1 heterocycles. The summed E-state index contributed by atoms with van der Waals surface area (Å²) in [6.45, 7) is 1.31. The van der Waals surface area contributed by atoms with Crippen molar-refractivity contribution in [1.82, 2.24) is 0 Å². The summed E-state index contributed by atoms with van der Waals surface area (Å²) in [6, 6.07) is 1.50. The molecule has 0 aromatic rings. The topological polar surface area (TPSA) is 70.3 Å². The highest BCUT2D eigenvalue weighted by Gasteiger charge is 2.46. The largest absolute Gasteiger partial charge is 0.367 e. The third-order valence-electron chi connectivity index (χ3n) is 1.50. The van der Waals surface area contributed by atoms with E-state index in [1.165, 1.54) is 13.0 Å². The lowest BCUT2D eigenvalue weighted by atomic mass is 10.0. The van der Waals surface area contributed by atoms with Gasteiger partial charge in [-0.05, 0) is 6.92 Å². The van der Waals surface area contributed by atoms with Gasteiger partial charge in [0.05, 0.1) is 6.61 Å². The predicted octanol–water partition coefficient (Wildman–Crippen LogP) is -0.771. The molecule has 1 saturated heterocycles. The van der Waals surface area contributed by atoms with E-state index in [1.807, 2.05) is 0 Å². The Kier molecular flexibility index (Phi) is 1.47. The zero-order valence-electron chi connectivity index (χ0n) is 5.50. The number of hydrogen-bond donors (Lipinski definition) is 1. The maximum Gasteiger partial charge on any atom is 0.236 e. The zero-order chi connectivity index (χ0) is 7.78. The van der Waals surface area contributed by atoms with Crippen LogP contribution in [0, 0.1) is 11.3 Å². The molecule has 1 aliphatic rings. The van der Waals surface area contributed by atoms with Crippen LogP contribution in [0.4, 0.5) is 0 Å². The van der Waals surface area contributed by atoms with Gasteiger partial charge in [-0.15, -0.1) is 0 Å². The van der Waals surface area contributed by atoms with Crippen LogP contribution < -0.4 is 0 Å². The van der Waals surface area contributed by atoms with Gasteiger partial charge < -0.3 is 9.84 Å². The van der Waals surface area contributed by atoms with E-state index in [1.54, 1.807) is 0 Å². The average molecular weight is 141 g/mol. The second-order valence-electron chi connectivity index (χ2n) is 2.29. The first-order chi connectivity index (χ1) is 4.60. The Bertz CT molecular complexity index is 208. The summed E-state index contributed by atoms with van der Waals surface area (Å²) in [5.74, 6) is -0.546. The minimum absolute atomic E-state index is 0.205. The molecule has 0 amide bonds. The van der Waals surface area contributed by atoms with E-state index in [2.05, 4.69) is 0 Å². The van der Waals surface area contributed by atoms with Crippen molar-refractivity contribution in [3.8, 4) is 6.07 Å². The number of ketones is 1. The smallest absolute Gasteiger partial charge is 0.236 e. The Labute approximate surface area is 58.0 Å². The van der Waals surface area contributed by atoms with Crippen LogP contribution in [0.3, 0.4) is 0 Å². The second-order valence-corrected chi connectivity index (χ2v) is 2.29. The molecule has 1 N–H and O–H groups in total. The van der Waals surface area contributed by atoms with Crippen LogP contribution in [0.15, 0.2) is 0 Å². The van der Waals surface area contributed by atoms with E-state index >= 15 is 0 Å². The van der Waals surface area contributed by atoms with Gasteiger partial charge in [-0.25, -0.2) is 0 Å². The fourth-order valence-corrected chi connectivity index (χ4v) is 0.816. The summed E-state index contributed by atoms with van der Waals surface area (Å²) in [5.41, 5.74) is -1.89. The van der Waals surface area contributed by atoms with E-state index in [0.717, 1.165) is 0 Å². The van der Waals surface area contributed by atoms with Gasteiger partial charge in [0.1, 0.15) is 12.2 Å². The van der Waals surface area contributed by atoms with E-state index in [0.29, 0.717) is 0 Å². The lowest BCUT2D eigenvalue weighted by molar-refractivity contribution is -0.129. The molecule has 54 valence electrons. The predicted molar refractivity (Wildman–Crippen MR) is 31.0 cm³/mol. The average Bonchev–Trinajstić information content (AvgIpc) is 2.19. The van der Waals surface area contributed by atoms with Crippen molar-refractivity contribution < 1.29 is 14.6 Å². The summed E-state index contributed by atoms with van der Waals surface area (Å²) >= 11 is 0. The summed E-state index contributed by atoms with van der Waals surface area (Å²) in [5, 5.41) is 17.4. The number of aliphatic hydroxyl groups is 1. The molecule has 1 rings (SSSR count). The van der Waals surface area contributed by atoms with Crippen LogP contribution >= 0.6 is 0 Å². The monoisotopic (exact) mass is 141 g/mol. The molecule has 4 nitrogen and oxygen atoms in total. The highest BCUT2D eigenvalue weighted by molar-refractivity contribution is 5.95.